The van der Waals surface area contributed by atoms with E-state index in [1.165, 1.54) is 12.1 Å². The van der Waals surface area contributed by atoms with E-state index in [-0.39, 0.29) is 11.4 Å². The Labute approximate surface area is 103 Å². The Kier molecular flexibility index (Phi) is 2.26. The van der Waals surface area contributed by atoms with E-state index < -0.39 is 11.6 Å². The number of hydrogen-bond acceptors (Lipinski definition) is 3. The van der Waals surface area contributed by atoms with Crippen LogP contribution in [0.15, 0.2) is 18.3 Å². The summed E-state index contributed by atoms with van der Waals surface area (Å²) in [6.07, 6.45) is 1.89. The number of benzene rings is 1. The van der Waals surface area contributed by atoms with Gasteiger partial charge in [-0.25, -0.2) is 8.78 Å². The molecule has 6 heteroatoms. The molecule has 0 fully saturated rings. The lowest BCUT2D eigenvalue weighted by Gasteiger charge is -2.19. The van der Waals surface area contributed by atoms with E-state index in [0.717, 1.165) is 11.3 Å². The number of nitrogens with zero attached hydrogens (tertiary/aromatic N) is 3. The van der Waals surface area contributed by atoms with Gasteiger partial charge in [0.05, 0.1) is 23.6 Å². The van der Waals surface area contributed by atoms with E-state index in [4.69, 9.17) is 5.73 Å². The second-order valence-electron chi connectivity index (χ2n) is 4.43. The number of fused-ring (bicyclic) bond motifs is 1. The van der Waals surface area contributed by atoms with Gasteiger partial charge in [-0.3, -0.25) is 4.68 Å². The number of aromatic nitrogens is 2. The molecule has 2 N–H and O–H groups in total. The number of hydrogen-bond donors (Lipinski definition) is 1. The van der Waals surface area contributed by atoms with Gasteiger partial charge < -0.3 is 10.6 Å². The molecule has 0 spiro atoms. The molecule has 3 rings (SSSR count). The zero-order valence-corrected chi connectivity index (χ0v) is 9.82. The van der Waals surface area contributed by atoms with Gasteiger partial charge in [-0.15, -0.1) is 0 Å². The molecule has 18 heavy (non-hydrogen) atoms. The predicted molar refractivity (Wildman–Crippen MR) is 63.9 cm³/mol. The molecule has 0 saturated heterocycles. The smallest absolute Gasteiger partial charge is 0.184 e. The first-order chi connectivity index (χ1) is 8.56. The normalized spacial score (nSPS) is 14.1. The van der Waals surface area contributed by atoms with Gasteiger partial charge in [0.1, 0.15) is 0 Å². The molecule has 0 unspecified atom stereocenters. The van der Waals surface area contributed by atoms with Gasteiger partial charge in [0, 0.05) is 25.4 Å². The summed E-state index contributed by atoms with van der Waals surface area (Å²) in [4.78, 5) is 1.75. The van der Waals surface area contributed by atoms with Crippen LogP contribution in [0.5, 0.6) is 0 Å². The van der Waals surface area contributed by atoms with E-state index in [0.29, 0.717) is 13.1 Å². The van der Waals surface area contributed by atoms with Crippen molar-refractivity contribution in [3.63, 3.8) is 0 Å². The minimum Gasteiger partial charge on any atom is -0.396 e. The van der Waals surface area contributed by atoms with Crippen LogP contribution >= 0.6 is 0 Å². The fourth-order valence-electron chi connectivity index (χ4n) is 2.26. The zero-order valence-electron chi connectivity index (χ0n) is 9.82. The number of halogens is 2. The first kappa shape index (κ1) is 11.0. The van der Waals surface area contributed by atoms with Gasteiger partial charge >= 0.3 is 0 Å². The largest absolute Gasteiger partial charge is 0.396 e. The molecule has 94 valence electrons. The van der Waals surface area contributed by atoms with Crippen molar-refractivity contribution in [3.05, 3.63) is 41.2 Å². The van der Waals surface area contributed by atoms with Crippen molar-refractivity contribution in [1.82, 2.24) is 9.78 Å². The van der Waals surface area contributed by atoms with Gasteiger partial charge in [-0.05, 0) is 12.1 Å². The predicted octanol–water partition coefficient (Wildman–Crippen LogP) is 1.80. The standard InChI is InChI=1S/C12H12F2N4/c1-17-4-7-5-18(6-9(7)16-17)10-3-2-8(15)11(13)12(10)14/h2-4H,5-6,15H2,1H3. The van der Waals surface area contributed by atoms with Crippen LogP contribution in [0.1, 0.15) is 11.3 Å². The Morgan fingerprint density at radius 2 is 2.00 bits per heavy atom. The number of aryl methyl sites for hydroxylation is 1. The summed E-state index contributed by atoms with van der Waals surface area (Å²) in [6.45, 7) is 1.01. The van der Waals surface area contributed by atoms with Crippen LogP contribution in [0.4, 0.5) is 20.2 Å². The molecular weight excluding hydrogens is 238 g/mol. The summed E-state index contributed by atoms with van der Waals surface area (Å²) in [5, 5.41) is 4.27. The summed E-state index contributed by atoms with van der Waals surface area (Å²) in [7, 11) is 1.84. The van der Waals surface area contributed by atoms with Crippen molar-refractivity contribution in [1.29, 1.82) is 0 Å². The van der Waals surface area contributed by atoms with Crippen LogP contribution in [0.3, 0.4) is 0 Å². The molecule has 2 heterocycles. The average Bonchev–Trinajstić information content (AvgIpc) is 2.83. The highest BCUT2D eigenvalue weighted by atomic mass is 19.2. The maximum atomic E-state index is 13.8. The Hall–Kier alpha value is -2.11. The molecule has 0 atom stereocenters. The molecule has 0 saturated carbocycles. The molecule has 1 aromatic carbocycles. The van der Waals surface area contributed by atoms with Gasteiger partial charge in [0.2, 0.25) is 0 Å². The summed E-state index contributed by atoms with van der Waals surface area (Å²) >= 11 is 0. The lowest BCUT2D eigenvalue weighted by molar-refractivity contribution is 0.509. The molecule has 0 radical (unpaired) electrons. The Morgan fingerprint density at radius 3 is 2.72 bits per heavy atom. The van der Waals surface area contributed by atoms with Crippen LogP contribution in [-0.2, 0) is 20.1 Å². The molecule has 0 aliphatic carbocycles. The summed E-state index contributed by atoms with van der Waals surface area (Å²) in [6, 6.07) is 2.88. The molecule has 1 aromatic heterocycles. The lowest BCUT2D eigenvalue weighted by Crippen LogP contribution is -2.18. The molecular formula is C12H12F2N4. The Balaban J connectivity index is 1.95. The fraction of sp³-hybridized carbons (Fsp3) is 0.250. The number of nitrogen functional groups attached to an aromatic ring is 1. The van der Waals surface area contributed by atoms with Gasteiger partial charge in [0.25, 0.3) is 0 Å². The Morgan fingerprint density at radius 1 is 1.22 bits per heavy atom. The van der Waals surface area contributed by atoms with Crippen molar-refractivity contribution in [2.24, 2.45) is 7.05 Å². The van der Waals surface area contributed by atoms with Crippen LogP contribution in [0.25, 0.3) is 0 Å². The highest BCUT2D eigenvalue weighted by molar-refractivity contribution is 5.57. The van der Waals surface area contributed by atoms with Gasteiger partial charge in [-0.1, -0.05) is 0 Å². The maximum absolute atomic E-state index is 13.8. The monoisotopic (exact) mass is 250 g/mol. The fourth-order valence-corrected chi connectivity index (χ4v) is 2.26. The molecule has 0 amide bonds. The van der Waals surface area contributed by atoms with Gasteiger partial charge in [0.15, 0.2) is 11.6 Å². The van der Waals surface area contributed by atoms with E-state index in [2.05, 4.69) is 5.10 Å². The lowest BCUT2D eigenvalue weighted by atomic mass is 10.2. The van der Waals surface area contributed by atoms with Crippen molar-refractivity contribution in [2.75, 3.05) is 10.6 Å². The molecule has 1 aliphatic rings. The maximum Gasteiger partial charge on any atom is 0.184 e. The first-order valence-electron chi connectivity index (χ1n) is 5.56. The molecule has 1 aliphatic heterocycles. The van der Waals surface area contributed by atoms with Crippen molar-refractivity contribution in [3.8, 4) is 0 Å². The van der Waals surface area contributed by atoms with Crippen molar-refractivity contribution >= 4 is 11.4 Å². The summed E-state index contributed by atoms with van der Waals surface area (Å²) in [5.41, 5.74) is 7.31. The summed E-state index contributed by atoms with van der Waals surface area (Å²) < 4.78 is 28.9. The minimum absolute atomic E-state index is 0.174. The average molecular weight is 250 g/mol. The van der Waals surface area contributed by atoms with E-state index >= 15 is 0 Å². The van der Waals surface area contributed by atoms with E-state index in [1.807, 2.05) is 13.2 Å². The van der Waals surface area contributed by atoms with Crippen LogP contribution in [-0.4, -0.2) is 9.78 Å². The highest BCUT2D eigenvalue weighted by Crippen LogP contribution is 2.31. The topological polar surface area (TPSA) is 47.1 Å². The third-order valence-corrected chi connectivity index (χ3v) is 3.13. The zero-order chi connectivity index (χ0) is 12.9. The second kappa shape index (κ2) is 3.69. The van der Waals surface area contributed by atoms with E-state index in [9.17, 15) is 8.78 Å². The van der Waals surface area contributed by atoms with Crippen LogP contribution in [0, 0.1) is 11.6 Å². The van der Waals surface area contributed by atoms with E-state index in [1.54, 1.807) is 9.58 Å². The number of anilines is 2. The molecule has 0 bridgehead atoms. The quantitative estimate of drug-likeness (QED) is 0.785. The SMILES string of the molecule is Cn1cc2c(n1)CN(c1ccc(N)c(F)c1F)C2. The van der Waals surface area contributed by atoms with Crippen molar-refractivity contribution in [2.45, 2.75) is 13.1 Å². The van der Waals surface area contributed by atoms with Gasteiger partial charge in [-0.2, -0.15) is 5.10 Å². The molecule has 2 aromatic rings. The van der Waals surface area contributed by atoms with Crippen LogP contribution in [0.2, 0.25) is 0 Å². The minimum atomic E-state index is -0.988. The first-order valence-corrected chi connectivity index (χ1v) is 5.56. The number of nitrogens with two attached hydrogens (primary N) is 1. The second-order valence-corrected chi connectivity index (χ2v) is 4.43. The third-order valence-electron chi connectivity index (χ3n) is 3.13. The Bertz CT molecular complexity index is 597. The highest BCUT2D eigenvalue weighted by Gasteiger charge is 2.25. The molecule has 4 nitrogen and oxygen atoms in total. The number of rotatable bonds is 1. The summed E-state index contributed by atoms with van der Waals surface area (Å²) in [5.74, 6) is -1.89. The van der Waals surface area contributed by atoms with Crippen molar-refractivity contribution < 1.29 is 8.78 Å². The third kappa shape index (κ3) is 1.53. The van der Waals surface area contributed by atoms with Crippen LogP contribution < -0.4 is 10.6 Å².